The molecule has 0 saturated carbocycles. The molecule has 0 aliphatic rings. The van der Waals surface area contributed by atoms with Crippen molar-refractivity contribution in [2.75, 3.05) is 20.3 Å². The Kier molecular flexibility index (Phi) is 7.90. The lowest BCUT2D eigenvalue weighted by Crippen LogP contribution is -2.06. The molecule has 166 valence electrons. The smallest absolute Gasteiger partial charge is 0.446 e. The molecule has 0 fully saturated rings. The third-order valence-corrected chi connectivity index (χ3v) is 6.17. The Hall–Kier alpha value is -2.17. The summed E-state index contributed by atoms with van der Waals surface area (Å²) in [4.78, 5) is 16.8. The first-order valence-corrected chi connectivity index (χ1v) is 11.3. The van der Waals surface area contributed by atoms with Crippen LogP contribution in [0.25, 0.3) is 11.0 Å². The van der Waals surface area contributed by atoms with Crippen molar-refractivity contribution in [3.8, 4) is 0 Å². The Bertz CT molecular complexity index is 1050. The van der Waals surface area contributed by atoms with E-state index in [1.165, 1.54) is 17.8 Å². The number of esters is 1. The van der Waals surface area contributed by atoms with Crippen LogP contribution in [0.2, 0.25) is 0 Å². The molecule has 31 heavy (non-hydrogen) atoms. The highest BCUT2D eigenvalue weighted by molar-refractivity contribution is 8.00. The lowest BCUT2D eigenvalue weighted by Gasteiger charge is -2.12. The average molecular weight is 471 g/mol. The molecule has 0 spiro atoms. The van der Waals surface area contributed by atoms with Crippen LogP contribution < -0.4 is 0 Å². The van der Waals surface area contributed by atoms with Crippen molar-refractivity contribution in [1.29, 1.82) is 0 Å². The van der Waals surface area contributed by atoms with Crippen LogP contribution in [-0.2, 0) is 21.8 Å². The molecule has 0 bridgehead atoms. The van der Waals surface area contributed by atoms with Gasteiger partial charge in [-0.25, -0.2) is 9.78 Å². The van der Waals surface area contributed by atoms with Crippen molar-refractivity contribution in [2.24, 2.45) is 0 Å². The highest BCUT2D eigenvalue weighted by Crippen LogP contribution is 2.40. The predicted molar refractivity (Wildman–Crippen MR) is 115 cm³/mol. The molecule has 0 aliphatic carbocycles. The van der Waals surface area contributed by atoms with Gasteiger partial charge in [-0.15, -0.1) is 0 Å². The van der Waals surface area contributed by atoms with Crippen LogP contribution in [-0.4, -0.2) is 41.4 Å². The zero-order valence-corrected chi connectivity index (χ0v) is 18.6. The number of hydrogen-bond donors (Lipinski definition) is 0. The number of benzene rings is 2. The van der Waals surface area contributed by atoms with Crippen LogP contribution in [0.15, 0.2) is 52.5 Å². The van der Waals surface area contributed by atoms with Crippen LogP contribution in [0, 0.1) is 0 Å². The first-order valence-electron chi connectivity index (χ1n) is 9.45. The van der Waals surface area contributed by atoms with E-state index in [-0.39, 0.29) is 23.3 Å². The van der Waals surface area contributed by atoms with Gasteiger partial charge in [-0.2, -0.15) is 13.2 Å². The summed E-state index contributed by atoms with van der Waals surface area (Å²) in [6.07, 6.45) is 0. The number of fused-ring (bicyclic) bond motifs is 1. The standard InChI is InChI=1S/C21H21F3N2O3S2/c1-3-29-19(27)14-8-9-17-16(12-14)25-20(26(17)10-11-28-2)30-13-15-6-4-5-7-18(15)31-21(22,23)24/h4-9,12H,3,10-11,13H2,1-2H3. The number of rotatable bonds is 9. The Morgan fingerprint density at radius 1 is 1.19 bits per heavy atom. The minimum atomic E-state index is -4.35. The Balaban J connectivity index is 1.89. The summed E-state index contributed by atoms with van der Waals surface area (Å²) < 4.78 is 50.8. The van der Waals surface area contributed by atoms with E-state index in [2.05, 4.69) is 4.98 Å². The molecular weight excluding hydrogens is 449 g/mol. The minimum Gasteiger partial charge on any atom is -0.462 e. The van der Waals surface area contributed by atoms with Crippen LogP contribution in [0.4, 0.5) is 13.2 Å². The first-order chi connectivity index (χ1) is 14.8. The van der Waals surface area contributed by atoms with Gasteiger partial charge in [-0.3, -0.25) is 0 Å². The molecule has 2 aromatic carbocycles. The van der Waals surface area contributed by atoms with Crippen LogP contribution in [0.3, 0.4) is 0 Å². The lowest BCUT2D eigenvalue weighted by atomic mass is 10.2. The largest absolute Gasteiger partial charge is 0.462 e. The summed E-state index contributed by atoms with van der Waals surface area (Å²) in [7, 11) is 1.59. The van der Waals surface area contributed by atoms with Crippen molar-refractivity contribution in [3.05, 3.63) is 53.6 Å². The lowest BCUT2D eigenvalue weighted by molar-refractivity contribution is -0.0328. The van der Waals surface area contributed by atoms with Crippen molar-refractivity contribution in [2.45, 2.75) is 34.8 Å². The molecule has 0 unspecified atom stereocenters. The monoisotopic (exact) mass is 470 g/mol. The number of carbonyl (C=O) groups is 1. The van der Waals surface area contributed by atoms with Gasteiger partial charge < -0.3 is 14.0 Å². The second-order valence-corrected chi connectivity index (χ2v) is 8.46. The number of halogens is 3. The molecule has 0 amide bonds. The zero-order chi connectivity index (χ0) is 22.4. The molecule has 10 heteroatoms. The molecule has 0 N–H and O–H groups in total. The number of ether oxygens (including phenoxy) is 2. The van der Waals surface area contributed by atoms with E-state index in [9.17, 15) is 18.0 Å². The molecule has 0 aliphatic heterocycles. The fraction of sp³-hybridized carbons (Fsp3) is 0.333. The summed E-state index contributed by atoms with van der Waals surface area (Å²) in [5.41, 5.74) is -1.95. The number of thioether (sulfide) groups is 2. The quantitative estimate of drug-likeness (QED) is 0.293. The summed E-state index contributed by atoms with van der Waals surface area (Å²) in [6.45, 7) is 2.97. The summed E-state index contributed by atoms with van der Waals surface area (Å²) in [5, 5.41) is 0.639. The Morgan fingerprint density at radius 3 is 2.68 bits per heavy atom. The minimum absolute atomic E-state index is 0.117. The van der Waals surface area contributed by atoms with Gasteiger partial charge in [-0.1, -0.05) is 30.0 Å². The molecule has 0 atom stereocenters. The molecule has 5 nitrogen and oxygen atoms in total. The maximum Gasteiger partial charge on any atom is 0.446 e. The number of imidazole rings is 1. The highest BCUT2D eigenvalue weighted by Gasteiger charge is 2.30. The summed E-state index contributed by atoms with van der Waals surface area (Å²) in [6, 6.07) is 11.6. The third-order valence-electron chi connectivity index (χ3n) is 4.30. The second-order valence-electron chi connectivity index (χ2n) is 6.41. The fourth-order valence-corrected chi connectivity index (χ4v) is 4.75. The summed E-state index contributed by atoms with van der Waals surface area (Å²) >= 11 is 1.22. The van der Waals surface area contributed by atoms with E-state index in [4.69, 9.17) is 9.47 Å². The Labute approximate surface area is 186 Å². The number of carbonyl (C=O) groups excluding carboxylic acids is 1. The molecular formula is C21H21F3N2O3S2. The van der Waals surface area contributed by atoms with E-state index in [0.29, 0.717) is 40.7 Å². The normalized spacial score (nSPS) is 11.8. The number of hydrogen-bond acceptors (Lipinski definition) is 6. The first kappa shape index (κ1) is 23.5. The third kappa shape index (κ3) is 6.18. The molecule has 0 saturated heterocycles. The van der Waals surface area contributed by atoms with E-state index in [1.807, 2.05) is 4.57 Å². The van der Waals surface area contributed by atoms with Crippen molar-refractivity contribution in [1.82, 2.24) is 9.55 Å². The SMILES string of the molecule is CCOC(=O)c1ccc2c(c1)nc(SCc1ccccc1SC(F)(F)F)n2CCOC. The van der Waals surface area contributed by atoms with Gasteiger partial charge in [0.2, 0.25) is 0 Å². The van der Waals surface area contributed by atoms with Crippen molar-refractivity contribution in [3.63, 3.8) is 0 Å². The second kappa shape index (κ2) is 10.4. The van der Waals surface area contributed by atoms with Gasteiger partial charge in [-0.05, 0) is 48.5 Å². The van der Waals surface area contributed by atoms with E-state index in [0.717, 1.165) is 5.52 Å². The average Bonchev–Trinajstić information content (AvgIpc) is 3.07. The van der Waals surface area contributed by atoms with Gasteiger partial charge >= 0.3 is 11.5 Å². The highest BCUT2D eigenvalue weighted by atomic mass is 32.2. The molecule has 1 heterocycles. The maximum absolute atomic E-state index is 12.9. The van der Waals surface area contributed by atoms with Crippen LogP contribution >= 0.6 is 23.5 Å². The van der Waals surface area contributed by atoms with E-state index in [1.54, 1.807) is 50.4 Å². The van der Waals surface area contributed by atoms with Crippen molar-refractivity contribution >= 4 is 40.5 Å². The maximum atomic E-state index is 12.9. The van der Waals surface area contributed by atoms with Crippen LogP contribution in [0.5, 0.6) is 0 Å². The van der Waals surface area contributed by atoms with Gasteiger partial charge in [0.25, 0.3) is 0 Å². The zero-order valence-electron chi connectivity index (χ0n) is 16.9. The number of nitrogens with zero attached hydrogens (tertiary/aromatic N) is 2. The van der Waals surface area contributed by atoms with Gasteiger partial charge in [0.15, 0.2) is 5.16 Å². The fourth-order valence-electron chi connectivity index (χ4n) is 2.95. The van der Waals surface area contributed by atoms with E-state index >= 15 is 0 Å². The molecule has 1 aromatic heterocycles. The van der Waals surface area contributed by atoms with Crippen molar-refractivity contribution < 1.29 is 27.4 Å². The molecule has 3 rings (SSSR count). The summed E-state index contributed by atoms with van der Waals surface area (Å²) in [5.74, 6) is -0.108. The number of alkyl halides is 3. The van der Waals surface area contributed by atoms with E-state index < -0.39 is 11.5 Å². The van der Waals surface area contributed by atoms with Gasteiger partial charge in [0.05, 0.1) is 29.8 Å². The van der Waals surface area contributed by atoms with Gasteiger partial charge in [0, 0.05) is 24.3 Å². The number of aromatic nitrogens is 2. The predicted octanol–water partition coefficient (Wildman–Crippen LogP) is 5.76. The Morgan fingerprint density at radius 2 is 1.97 bits per heavy atom. The van der Waals surface area contributed by atoms with Crippen LogP contribution in [0.1, 0.15) is 22.8 Å². The molecule has 0 radical (unpaired) electrons. The number of methoxy groups -OCH3 is 1. The topological polar surface area (TPSA) is 53.3 Å². The molecule has 3 aromatic rings. The van der Waals surface area contributed by atoms with Gasteiger partial charge in [0.1, 0.15) is 0 Å².